The van der Waals surface area contributed by atoms with Crippen LogP contribution in [0.4, 0.5) is 0 Å². The van der Waals surface area contributed by atoms with Gasteiger partial charge in [-0.25, -0.2) is 0 Å². The minimum absolute atomic E-state index is 0.177. The van der Waals surface area contributed by atoms with Gasteiger partial charge in [-0.05, 0) is 46.0 Å². The van der Waals surface area contributed by atoms with Crippen LogP contribution in [0.25, 0.3) is 10.8 Å². The van der Waals surface area contributed by atoms with Crippen LogP contribution in [0.3, 0.4) is 0 Å². The molecule has 0 unspecified atom stereocenters. The summed E-state index contributed by atoms with van der Waals surface area (Å²) in [4.78, 5) is 13.1. The number of carbonyl (C=O) groups excluding carboxylic acids is 1. The molecule has 150 valence electrons. The van der Waals surface area contributed by atoms with Crippen molar-refractivity contribution in [2.45, 2.75) is 18.8 Å². The lowest BCUT2D eigenvalue weighted by Crippen LogP contribution is -2.19. The van der Waals surface area contributed by atoms with Gasteiger partial charge in [0.1, 0.15) is 0 Å². The summed E-state index contributed by atoms with van der Waals surface area (Å²) in [5, 5.41) is 2.30. The number of esters is 1. The molecule has 0 aliphatic heterocycles. The molecule has 0 saturated heterocycles. The van der Waals surface area contributed by atoms with Crippen LogP contribution in [-0.4, -0.2) is 12.6 Å². The zero-order valence-corrected chi connectivity index (χ0v) is 18.2. The second-order valence-electron chi connectivity index (χ2n) is 7.39. The van der Waals surface area contributed by atoms with E-state index in [4.69, 9.17) is 4.74 Å². The van der Waals surface area contributed by atoms with Gasteiger partial charge < -0.3 is 4.74 Å². The van der Waals surface area contributed by atoms with E-state index in [1.54, 1.807) is 0 Å². The maximum Gasteiger partial charge on any atom is 0.313 e. The molecule has 0 saturated carbocycles. The molecule has 0 heterocycles. The molecule has 0 aliphatic carbocycles. The Morgan fingerprint density at radius 3 is 2.23 bits per heavy atom. The van der Waals surface area contributed by atoms with E-state index < -0.39 is 0 Å². The largest absolute Gasteiger partial charge is 0.465 e. The SMILES string of the molecule is O=C(OCCc1ccccc1)[C@H](Cc1ccc(Br)cc1)c1ccc2ccccc2c1. The van der Waals surface area contributed by atoms with Crippen LogP contribution in [0.1, 0.15) is 22.6 Å². The number of rotatable bonds is 7. The number of ether oxygens (including phenoxy) is 1. The lowest BCUT2D eigenvalue weighted by molar-refractivity contribution is -0.145. The fourth-order valence-electron chi connectivity index (χ4n) is 3.63. The molecule has 4 aromatic carbocycles. The standard InChI is InChI=1S/C27H23BrO2/c28-25-14-10-21(11-15-25)18-26(24-13-12-22-8-4-5-9-23(22)19-24)27(29)30-17-16-20-6-2-1-3-7-20/h1-15,19,26H,16-18H2/t26-/m1/s1. The Morgan fingerprint density at radius 2 is 1.47 bits per heavy atom. The molecule has 4 aromatic rings. The van der Waals surface area contributed by atoms with Crippen molar-refractivity contribution in [3.05, 3.63) is 118 Å². The third-order valence-electron chi connectivity index (χ3n) is 5.29. The minimum atomic E-state index is -0.341. The predicted octanol–water partition coefficient (Wildman–Crippen LogP) is 6.71. The molecule has 1 atom stereocenters. The molecule has 4 rings (SSSR count). The van der Waals surface area contributed by atoms with Crippen LogP contribution < -0.4 is 0 Å². The number of halogens is 1. The molecule has 0 amide bonds. The maximum atomic E-state index is 13.1. The molecular weight excluding hydrogens is 436 g/mol. The van der Waals surface area contributed by atoms with Crippen LogP contribution in [0.2, 0.25) is 0 Å². The molecule has 0 fully saturated rings. The Labute approximate surface area is 185 Å². The fraction of sp³-hybridized carbons (Fsp3) is 0.148. The van der Waals surface area contributed by atoms with Gasteiger partial charge in [-0.15, -0.1) is 0 Å². The van der Waals surface area contributed by atoms with Gasteiger partial charge in [-0.1, -0.05) is 101 Å². The van der Waals surface area contributed by atoms with E-state index in [1.807, 2.05) is 48.5 Å². The monoisotopic (exact) mass is 458 g/mol. The van der Waals surface area contributed by atoms with E-state index >= 15 is 0 Å². The Balaban J connectivity index is 1.55. The van der Waals surface area contributed by atoms with Crippen molar-refractivity contribution >= 4 is 32.7 Å². The second-order valence-corrected chi connectivity index (χ2v) is 8.31. The number of fused-ring (bicyclic) bond motifs is 1. The molecule has 0 spiro atoms. The van der Waals surface area contributed by atoms with Crippen LogP contribution in [-0.2, 0) is 22.4 Å². The Morgan fingerprint density at radius 1 is 0.767 bits per heavy atom. The first-order valence-electron chi connectivity index (χ1n) is 10.1. The van der Waals surface area contributed by atoms with Crippen LogP contribution in [0.15, 0.2) is 102 Å². The minimum Gasteiger partial charge on any atom is -0.465 e. The topological polar surface area (TPSA) is 26.3 Å². The summed E-state index contributed by atoms with van der Waals surface area (Å²) >= 11 is 3.48. The van der Waals surface area contributed by atoms with Gasteiger partial charge in [0.2, 0.25) is 0 Å². The highest BCUT2D eigenvalue weighted by Crippen LogP contribution is 2.27. The third kappa shape index (κ3) is 5.17. The molecule has 30 heavy (non-hydrogen) atoms. The van der Waals surface area contributed by atoms with E-state index in [2.05, 4.69) is 64.5 Å². The summed E-state index contributed by atoms with van der Waals surface area (Å²) in [7, 11) is 0. The van der Waals surface area contributed by atoms with E-state index in [9.17, 15) is 4.79 Å². The van der Waals surface area contributed by atoms with Gasteiger partial charge in [0.05, 0.1) is 12.5 Å². The van der Waals surface area contributed by atoms with Crippen LogP contribution in [0, 0.1) is 0 Å². The molecule has 0 radical (unpaired) electrons. The van der Waals surface area contributed by atoms with Gasteiger partial charge in [-0.2, -0.15) is 0 Å². The highest BCUT2D eigenvalue weighted by atomic mass is 79.9. The second kappa shape index (κ2) is 9.73. The molecule has 2 nitrogen and oxygen atoms in total. The van der Waals surface area contributed by atoms with Crippen LogP contribution >= 0.6 is 15.9 Å². The van der Waals surface area contributed by atoms with Gasteiger partial charge >= 0.3 is 5.97 Å². The number of benzene rings is 4. The Kier molecular flexibility index (Phi) is 6.60. The van der Waals surface area contributed by atoms with E-state index in [-0.39, 0.29) is 11.9 Å². The average Bonchev–Trinajstić information content (AvgIpc) is 2.79. The quantitative estimate of drug-likeness (QED) is 0.287. The van der Waals surface area contributed by atoms with Crippen LogP contribution in [0.5, 0.6) is 0 Å². The predicted molar refractivity (Wildman–Crippen MR) is 126 cm³/mol. The highest BCUT2D eigenvalue weighted by Gasteiger charge is 2.23. The van der Waals surface area contributed by atoms with Crippen molar-refractivity contribution in [3.63, 3.8) is 0 Å². The molecule has 0 N–H and O–H groups in total. The average molecular weight is 459 g/mol. The van der Waals surface area contributed by atoms with Crippen molar-refractivity contribution in [3.8, 4) is 0 Å². The lowest BCUT2D eigenvalue weighted by Gasteiger charge is -2.18. The fourth-order valence-corrected chi connectivity index (χ4v) is 3.90. The summed E-state index contributed by atoms with van der Waals surface area (Å²) in [6.45, 7) is 0.382. The molecule has 3 heteroatoms. The van der Waals surface area contributed by atoms with E-state index in [1.165, 1.54) is 10.9 Å². The summed E-state index contributed by atoms with van der Waals surface area (Å²) in [5.74, 6) is -0.518. The van der Waals surface area contributed by atoms with E-state index in [0.717, 1.165) is 27.4 Å². The third-order valence-corrected chi connectivity index (χ3v) is 5.82. The summed E-state index contributed by atoms with van der Waals surface area (Å²) in [6.07, 6.45) is 1.32. The Hall–Kier alpha value is -2.91. The lowest BCUT2D eigenvalue weighted by atomic mass is 9.90. The first kappa shape index (κ1) is 20.4. The van der Waals surface area contributed by atoms with Gasteiger partial charge in [-0.3, -0.25) is 4.79 Å². The number of hydrogen-bond acceptors (Lipinski definition) is 2. The van der Waals surface area contributed by atoms with E-state index in [0.29, 0.717) is 13.0 Å². The summed E-state index contributed by atoms with van der Waals surface area (Å²) < 4.78 is 6.75. The first-order chi connectivity index (χ1) is 14.7. The Bertz CT molecular complexity index is 1120. The zero-order valence-electron chi connectivity index (χ0n) is 16.6. The summed E-state index contributed by atoms with van der Waals surface area (Å²) in [5.41, 5.74) is 3.26. The van der Waals surface area contributed by atoms with Gasteiger partial charge in [0.25, 0.3) is 0 Å². The molecular formula is C27H23BrO2. The van der Waals surface area contributed by atoms with Crippen molar-refractivity contribution in [2.75, 3.05) is 6.61 Å². The molecule has 0 aromatic heterocycles. The highest BCUT2D eigenvalue weighted by molar-refractivity contribution is 9.10. The van der Waals surface area contributed by atoms with Gasteiger partial charge in [0, 0.05) is 10.9 Å². The zero-order chi connectivity index (χ0) is 20.8. The first-order valence-corrected chi connectivity index (χ1v) is 10.9. The van der Waals surface area contributed by atoms with Crippen molar-refractivity contribution in [2.24, 2.45) is 0 Å². The smallest absolute Gasteiger partial charge is 0.313 e. The normalized spacial score (nSPS) is 11.9. The van der Waals surface area contributed by atoms with Crippen molar-refractivity contribution in [1.29, 1.82) is 0 Å². The number of hydrogen-bond donors (Lipinski definition) is 0. The maximum absolute atomic E-state index is 13.1. The van der Waals surface area contributed by atoms with Gasteiger partial charge in [0.15, 0.2) is 0 Å². The summed E-state index contributed by atoms with van der Waals surface area (Å²) in [6, 6.07) is 32.7. The molecule has 0 bridgehead atoms. The number of carbonyl (C=O) groups is 1. The molecule has 0 aliphatic rings. The van der Waals surface area contributed by atoms with Crippen molar-refractivity contribution < 1.29 is 9.53 Å². The van der Waals surface area contributed by atoms with Crippen molar-refractivity contribution in [1.82, 2.24) is 0 Å².